The van der Waals surface area contributed by atoms with Gasteiger partial charge in [-0.15, -0.1) is 6.58 Å². The van der Waals surface area contributed by atoms with E-state index in [1.165, 1.54) is 0 Å². The molecular weight excluding hydrogens is 251 g/mol. The summed E-state index contributed by atoms with van der Waals surface area (Å²) in [5.41, 5.74) is -0.583. The first-order valence-corrected chi connectivity index (χ1v) is 4.96. The van der Waals surface area contributed by atoms with Crippen LogP contribution in [0.25, 0.3) is 0 Å². The van der Waals surface area contributed by atoms with Crippen molar-refractivity contribution < 1.29 is 5.11 Å². The van der Waals surface area contributed by atoms with Crippen LogP contribution in [0.3, 0.4) is 0 Å². The maximum Gasteiger partial charge on any atom is 0.0983 e. The van der Waals surface area contributed by atoms with E-state index in [1.54, 1.807) is 6.08 Å². The molecule has 0 fully saturated rings. The highest BCUT2D eigenvalue weighted by atomic mass is 127. The van der Waals surface area contributed by atoms with Crippen molar-refractivity contribution in [1.82, 2.24) is 0 Å². The van der Waals surface area contributed by atoms with E-state index in [4.69, 9.17) is 0 Å². The van der Waals surface area contributed by atoms with Gasteiger partial charge in [0, 0.05) is 3.58 Å². The van der Waals surface area contributed by atoms with Gasteiger partial charge < -0.3 is 5.11 Å². The lowest BCUT2D eigenvalue weighted by molar-refractivity contribution is 0.0759. The smallest absolute Gasteiger partial charge is 0.0983 e. The molecule has 1 aliphatic carbocycles. The van der Waals surface area contributed by atoms with Crippen LogP contribution in [-0.4, -0.2) is 10.7 Å². The molecule has 0 unspecified atom stereocenters. The molecule has 0 saturated carbocycles. The second-order valence-electron chi connectivity index (χ2n) is 2.97. The highest BCUT2D eigenvalue weighted by Crippen LogP contribution is 2.36. The fraction of sp³-hybridized carbons (Fsp3) is 0.556. The predicted octanol–water partition coefficient (Wildman–Crippen LogP) is 2.80. The molecule has 1 N–H and O–H groups in total. The zero-order chi connectivity index (χ0) is 8.32. The third-order valence-electron chi connectivity index (χ3n) is 2.04. The Bertz CT molecular complexity index is 186. The van der Waals surface area contributed by atoms with Crippen molar-refractivity contribution in [2.24, 2.45) is 0 Å². The van der Waals surface area contributed by atoms with Gasteiger partial charge in [-0.05, 0) is 48.3 Å². The molecule has 0 aromatic rings. The molecule has 1 nitrogen and oxygen atoms in total. The molecule has 1 aliphatic rings. The van der Waals surface area contributed by atoms with Crippen molar-refractivity contribution in [3.05, 3.63) is 22.3 Å². The summed E-state index contributed by atoms with van der Waals surface area (Å²) in [6, 6.07) is 0. The van der Waals surface area contributed by atoms with Gasteiger partial charge in [-0.25, -0.2) is 0 Å². The second-order valence-corrected chi connectivity index (χ2v) is 4.13. The first-order chi connectivity index (χ1) is 5.19. The highest BCUT2D eigenvalue weighted by Gasteiger charge is 2.30. The second kappa shape index (κ2) is 3.72. The number of hydrogen-bond donors (Lipinski definition) is 1. The molecule has 1 rings (SSSR count). The SMILES string of the molecule is C=CC[C@]1(O)CCCC=C1I. The van der Waals surface area contributed by atoms with E-state index in [9.17, 15) is 5.11 Å². The first-order valence-electron chi connectivity index (χ1n) is 3.88. The Labute approximate surface area is 81.3 Å². The van der Waals surface area contributed by atoms with Crippen LogP contribution in [0.15, 0.2) is 22.3 Å². The Balaban J connectivity index is 2.73. The van der Waals surface area contributed by atoms with Crippen LogP contribution >= 0.6 is 22.6 Å². The molecule has 0 saturated heterocycles. The minimum atomic E-state index is -0.583. The van der Waals surface area contributed by atoms with Gasteiger partial charge in [0.05, 0.1) is 5.60 Å². The molecule has 0 aliphatic heterocycles. The summed E-state index contributed by atoms with van der Waals surface area (Å²) in [6.45, 7) is 3.64. The number of rotatable bonds is 2. The van der Waals surface area contributed by atoms with Gasteiger partial charge in [-0.3, -0.25) is 0 Å². The van der Waals surface area contributed by atoms with Gasteiger partial charge >= 0.3 is 0 Å². The number of aliphatic hydroxyl groups is 1. The maximum absolute atomic E-state index is 9.99. The summed E-state index contributed by atoms with van der Waals surface area (Å²) in [6.07, 6.45) is 7.68. The molecule has 1 atom stereocenters. The van der Waals surface area contributed by atoms with Crippen LogP contribution in [0.4, 0.5) is 0 Å². The lowest BCUT2D eigenvalue weighted by atomic mass is 9.88. The van der Waals surface area contributed by atoms with Crippen LogP contribution in [-0.2, 0) is 0 Å². The molecule has 0 amide bonds. The first kappa shape index (κ1) is 9.26. The van der Waals surface area contributed by atoms with Crippen molar-refractivity contribution in [2.45, 2.75) is 31.3 Å². The van der Waals surface area contributed by atoms with E-state index in [1.807, 2.05) is 0 Å². The van der Waals surface area contributed by atoms with Gasteiger partial charge in [0.25, 0.3) is 0 Å². The topological polar surface area (TPSA) is 20.2 Å². The van der Waals surface area contributed by atoms with Crippen molar-refractivity contribution in [3.8, 4) is 0 Å². The molecule has 0 aromatic heterocycles. The van der Waals surface area contributed by atoms with E-state index in [2.05, 4.69) is 35.2 Å². The summed E-state index contributed by atoms with van der Waals surface area (Å²) in [4.78, 5) is 0. The number of hydrogen-bond acceptors (Lipinski definition) is 1. The van der Waals surface area contributed by atoms with E-state index in [-0.39, 0.29) is 0 Å². The molecule has 0 radical (unpaired) electrons. The third kappa shape index (κ3) is 2.06. The Kier molecular flexibility index (Phi) is 3.13. The zero-order valence-corrected chi connectivity index (χ0v) is 8.67. The molecule has 0 bridgehead atoms. The summed E-state index contributed by atoms with van der Waals surface area (Å²) < 4.78 is 1.08. The van der Waals surface area contributed by atoms with E-state index in [0.29, 0.717) is 6.42 Å². The average molecular weight is 264 g/mol. The lowest BCUT2D eigenvalue weighted by Crippen LogP contribution is -2.30. The van der Waals surface area contributed by atoms with E-state index >= 15 is 0 Å². The van der Waals surface area contributed by atoms with Crippen molar-refractivity contribution in [3.63, 3.8) is 0 Å². The van der Waals surface area contributed by atoms with Gasteiger partial charge in [0.15, 0.2) is 0 Å². The highest BCUT2D eigenvalue weighted by molar-refractivity contribution is 14.1. The van der Waals surface area contributed by atoms with Crippen LogP contribution in [0.1, 0.15) is 25.7 Å². The van der Waals surface area contributed by atoms with Crippen molar-refractivity contribution in [2.75, 3.05) is 0 Å². The Morgan fingerprint density at radius 2 is 2.55 bits per heavy atom. The fourth-order valence-corrected chi connectivity index (χ4v) is 2.17. The predicted molar refractivity (Wildman–Crippen MR) is 55.7 cm³/mol. The molecular formula is C9H13IO. The summed E-state index contributed by atoms with van der Waals surface area (Å²) in [5, 5.41) is 9.99. The standard InChI is InChI=1S/C9H13IO/c1-2-6-9(11)7-4-3-5-8(9)10/h2,5,11H,1,3-4,6-7H2/t9-/m0/s1. The van der Waals surface area contributed by atoms with Crippen LogP contribution in [0.2, 0.25) is 0 Å². The Hall–Kier alpha value is 0.170. The summed E-state index contributed by atoms with van der Waals surface area (Å²) in [7, 11) is 0. The van der Waals surface area contributed by atoms with Crippen LogP contribution in [0, 0.1) is 0 Å². The summed E-state index contributed by atoms with van der Waals surface area (Å²) >= 11 is 2.22. The van der Waals surface area contributed by atoms with E-state index < -0.39 is 5.60 Å². The van der Waals surface area contributed by atoms with Gasteiger partial charge in [-0.2, -0.15) is 0 Å². The normalized spacial score (nSPS) is 31.3. The third-order valence-corrected chi connectivity index (χ3v) is 3.49. The molecule has 0 heterocycles. The monoisotopic (exact) mass is 264 g/mol. The Morgan fingerprint density at radius 1 is 1.82 bits per heavy atom. The molecule has 2 heteroatoms. The largest absolute Gasteiger partial charge is 0.384 e. The van der Waals surface area contributed by atoms with Crippen molar-refractivity contribution in [1.29, 1.82) is 0 Å². The van der Waals surface area contributed by atoms with Crippen LogP contribution < -0.4 is 0 Å². The minimum absolute atomic E-state index is 0.583. The van der Waals surface area contributed by atoms with Gasteiger partial charge in [-0.1, -0.05) is 12.2 Å². The molecule has 0 aromatic carbocycles. The molecule has 0 spiro atoms. The molecule has 11 heavy (non-hydrogen) atoms. The number of halogens is 1. The Morgan fingerprint density at radius 3 is 3.09 bits per heavy atom. The van der Waals surface area contributed by atoms with Gasteiger partial charge in [0.1, 0.15) is 0 Å². The lowest BCUT2D eigenvalue weighted by Gasteiger charge is -2.29. The zero-order valence-electron chi connectivity index (χ0n) is 6.52. The van der Waals surface area contributed by atoms with Crippen molar-refractivity contribution >= 4 is 22.6 Å². The van der Waals surface area contributed by atoms with Crippen LogP contribution in [0.5, 0.6) is 0 Å². The quantitative estimate of drug-likeness (QED) is 0.600. The number of allylic oxidation sites excluding steroid dienone is 1. The minimum Gasteiger partial charge on any atom is -0.384 e. The maximum atomic E-state index is 9.99. The average Bonchev–Trinajstić information content (AvgIpc) is 1.96. The fourth-order valence-electron chi connectivity index (χ4n) is 1.37. The van der Waals surface area contributed by atoms with E-state index in [0.717, 1.165) is 22.8 Å². The molecule has 62 valence electrons. The van der Waals surface area contributed by atoms with Gasteiger partial charge in [0.2, 0.25) is 0 Å². The summed E-state index contributed by atoms with van der Waals surface area (Å²) in [5.74, 6) is 0.